The molecule has 1 aromatic carbocycles. The van der Waals surface area contributed by atoms with Gasteiger partial charge in [-0.1, -0.05) is 12.1 Å². The number of hydrogen-bond donors (Lipinski definition) is 1. The smallest absolute Gasteiger partial charge is 0.167 e. The monoisotopic (exact) mass is 288 g/mol. The first kappa shape index (κ1) is 13.9. The number of nitrogens with zero attached hydrogens (tertiary/aromatic N) is 2. The molecule has 0 saturated heterocycles. The van der Waals surface area contributed by atoms with Crippen LogP contribution in [0.1, 0.15) is 37.3 Å². The largest absolute Gasteiger partial charge is 0.486 e. The predicted octanol–water partition coefficient (Wildman–Crippen LogP) is 2.51. The van der Waals surface area contributed by atoms with Gasteiger partial charge in [0.05, 0.1) is 11.8 Å². The molecule has 2 aromatic rings. The fourth-order valence-electron chi connectivity index (χ4n) is 2.44. The standard InChI is InChI=1S/C16H20N2O3/c1-11(2)18-7-6-12(17-18)10-14(19)13-4-3-5-15-16(13)21-9-8-20-15/h3-7,11,14,19H,8-10H2,1-2H3. The molecule has 5 heteroatoms. The van der Waals surface area contributed by atoms with Crippen molar-refractivity contribution in [2.24, 2.45) is 0 Å². The summed E-state index contributed by atoms with van der Waals surface area (Å²) < 4.78 is 13.1. The number of aliphatic hydroxyl groups is 1. The summed E-state index contributed by atoms with van der Waals surface area (Å²) in [7, 11) is 0. The highest BCUT2D eigenvalue weighted by molar-refractivity contribution is 5.48. The summed E-state index contributed by atoms with van der Waals surface area (Å²) in [5, 5.41) is 15.0. The van der Waals surface area contributed by atoms with E-state index in [1.54, 1.807) is 0 Å². The minimum atomic E-state index is -0.655. The van der Waals surface area contributed by atoms with Crippen LogP contribution in [0, 0.1) is 0 Å². The number of benzene rings is 1. The third-order valence-electron chi connectivity index (χ3n) is 3.55. The quantitative estimate of drug-likeness (QED) is 0.939. The molecule has 0 saturated carbocycles. The summed E-state index contributed by atoms with van der Waals surface area (Å²) in [5.41, 5.74) is 1.62. The van der Waals surface area contributed by atoms with Crippen molar-refractivity contribution in [1.82, 2.24) is 9.78 Å². The van der Waals surface area contributed by atoms with Crippen molar-refractivity contribution < 1.29 is 14.6 Å². The Morgan fingerprint density at radius 1 is 1.24 bits per heavy atom. The van der Waals surface area contributed by atoms with Gasteiger partial charge < -0.3 is 14.6 Å². The van der Waals surface area contributed by atoms with Gasteiger partial charge in [0.25, 0.3) is 0 Å². The fourth-order valence-corrected chi connectivity index (χ4v) is 2.44. The molecule has 1 atom stereocenters. The number of aliphatic hydroxyl groups excluding tert-OH is 1. The lowest BCUT2D eigenvalue weighted by atomic mass is 10.0. The van der Waals surface area contributed by atoms with Crippen LogP contribution in [-0.4, -0.2) is 28.1 Å². The first-order valence-electron chi connectivity index (χ1n) is 7.26. The molecule has 1 aromatic heterocycles. The van der Waals surface area contributed by atoms with Gasteiger partial charge in [-0.05, 0) is 26.0 Å². The maximum absolute atomic E-state index is 10.5. The van der Waals surface area contributed by atoms with Crippen LogP contribution in [0.15, 0.2) is 30.5 Å². The Morgan fingerprint density at radius 2 is 2.05 bits per heavy atom. The first-order valence-corrected chi connectivity index (χ1v) is 7.26. The van der Waals surface area contributed by atoms with Crippen molar-refractivity contribution in [1.29, 1.82) is 0 Å². The molecule has 5 nitrogen and oxygen atoms in total. The summed E-state index contributed by atoms with van der Waals surface area (Å²) in [4.78, 5) is 0. The molecule has 1 aliphatic rings. The molecule has 3 rings (SSSR count). The van der Waals surface area contributed by atoms with Crippen molar-refractivity contribution in [3.8, 4) is 11.5 Å². The highest BCUT2D eigenvalue weighted by Gasteiger charge is 2.21. The minimum Gasteiger partial charge on any atom is -0.486 e. The third-order valence-corrected chi connectivity index (χ3v) is 3.55. The predicted molar refractivity (Wildman–Crippen MR) is 78.7 cm³/mol. The van der Waals surface area contributed by atoms with Gasteiger partial charge in [0.15, 0.2) is 11.5 Å². The van der Waals surface area contributed by atoms with Gasteiger partial charge in [-0.3, -0.25) is 4.68 Å². The Balaban J connectivity index is 1.80. The number of rotatable bonds is 4. The van der Waals surface area contributed by atoms with E-state index in [4.69, 9.17) is 9.47 Å². The molecule has 112 valence electrons. The molecule has 0 aliphatic carbocycles. The van der Waals surface area contributed by atoms with Crippen molar-refractivity contribution in [2.75, 3.05) is 13.2 Å². The van der Waals surface area contributed by atoms with Gasteiger partial charge in [-0.15, -0.1) is 0 Å². The minimum absolute atomic E-state index is 0.317. The Morgan fingerprint density at radius 3 is 2.81 bits per heavy atom. The summed E-state index contributed by atoms with van der Waals surface area (Å²) in [6.07, 6.45) is 1.74. The number of aromatic nitrogens is 2. The first-order chi connectivity index (χ1) is 10.1. The topological polar surface area (TPSA) is 56.5 Å². The molecular formula is C16H20N2O3. The van der Waals surface area contributed by atoms with Crippen LogP contribution in [-0.2, 0) is 6.42 Å². The number of ether oxygens (including phenoxy) is 2. The summed E-state index contributed by atoms with van der Waals surface area (Å²) >= 11 is 0. The van der Waals surface area contributed by atoms with Gasteiger partial charge in [-0.2, -0.15) is 5.10 Å². The number of fused-ring (bicyclic) bond motifs is 1. The van der Waals surface area contributed by atoms with Crippen LogP contribution in [0.3, 0.4) is 0 Å². The van der Waals surface area contributed by atoms with E-state index in [1.807, 2.05) is 35.1 Å². The van der Waals surface area contributed by atoms with Crippen LogP contribution in [0.2, 0.25) is 0 Å². The average molecular weight is 288 g/mol. The summed E-state index contributed by atoms with van der Waals surface area (Å²) in [5.74, 6) is 1.35. The van der Waals surface area contributed by atoms with Gasteiger partial charge in [0.2, 0.25) is 0 Å². The molecule has 0 amide bonds. The van der Waals surface area contributed by atoms with Crippen LogP contribution >= 0.6 is 0 Å². The van der Waals surface area contributed by atoms with E-state index in [0.717, 1.165) is 11.3 Å². The van der Waals surface area contributed by atoms with E-state index >= 15 is 0 Å². The Bertz CT molecular complexity index is 622. The highest BCUT2D eigenvalue weighted by atomic mass is 16.6. The molecule has 1 unspecified atom stereocenters. The Hall–Kier alpha value is -2.01. The number of para-hydroxylation sites is 1. The van der Waals surface area contributed by atoms with Crippen molar-refractivity contribution in [3.05, 3.63) is 41.7 Å². The third kappa shape index (κ3) is 2.88. The molecule has 2 heterocycles. The van der Waals surface area contributed by atoms with Gasteiger partial charge in [0.1, 0.15) is 13.2 Å². The molecule has 0 bridgehead atoms. The second kappa shape index (κ2) is 5.77. The van der Waals surface area contributed by atoms with E-state index in [-0.39, 0.29) is 0 Å². The molecule has 0 fully saturated rings. The number of hydrogen-bond acceptors (Lipinski definition) is 4. The van der Waals surface area contributed by atoms with Gasteiger partial charge in [-0.25, -0.2) is 0 Å². The SMILES string of the molecule is CC(C)n1ccc(CC(O)c2cccc3c2OCCO3)n1. The van der Waals surface area contributed by atoms with Crippen molar-refractivity contribution in [2.45, 2.75) is 32.4 Å². The van der Waals surface area contributed by atoms with Crippen LogP contribution in [0.4, 0.5) is 0 Å². The van der Waals surface area contributed by atoms with Crippen molar-refractivity contribution in [3.63, 3.8) is 0 Å². The van der Waals surface area contributed by atoms with E-state index in [0.29, 0.717) is 37.2 Å². The molecule has 1 N–H and O–H groups in total. The van der Waals surface area contributed by atoms with Crippen LogP contribution < -0.4 is 9.47 Å². The van der Waals surface area contributed by atoms with Crippen molar-refractivity contribution >= 4 is 0 Å². The normalized spacial score (nSPS) is 15.2. The Labute approximate surface area is 124 Å². The Kier molecular flexibility index (Phi) is 3.84. The second-order valence-electron chi connectivity index (χ2n) is 5.47. The van der Waals surface area contributed by atoms with E-state index in [9.17, 15) is 5.11 Å². The lowest BCUT2D eigenvalue weighted by Crippen LogP contribution is -2.17. The summed E-state index contributed by atoms with van der Waals surface area (Å²) in [6, 6.07) is 7.86. The van der Waals surface area contributed by atoms with E-state index in [1.165, 1.54) is 0 Å². The maximum atomic E-state index is 10.5. The molecule has 1 aliphatic heterocycles. The summed E-state index contributed by atoms with van der Waals surface area (Å²) in [6.45, 7) is 5.21. The van der Waals surface area contributed by atoms with Gasteiger partial charge >= 0.3 is 0 Å². The second-order valence-corrected chi connectivity index (χ2v) is 5.47. The zero-order valence-corrected chi connectivity index (χ0v) is 12.3. The van der Waals surface area contributed by atoms with E-state index < -0.39 is 6.10 Å². The lowest BCUT2D eigenvalue weighted by molar-refractivity contribution is 0.145. The van der Waals surface area contributed by atoms with Crippen LogP contribution in [0.5, 0.6) is 11.5 Å². The fraction of sp³-hybridized carbons (Fsp3) is 0.438. The molecular weight excluding hydrogens is 268 g/mol. The molecule has 21 heavy (non-hydrogen) atoms. The highest BCUT2D eigenvalue weighted by Crippen LogP contribution is 2.37. The maximum Gasteiger partial charge on any atom is 0.167 e. The molecule has 0 radical (unpaired) electrons. The zero-order valence-electron chi connectivity index (χ0n) is 12.3. The van der Waals surface area contributed by atoms with Crippen LogP contribution in [0.25, 0.3) is 0 Å². The van der Waals surface area contributed by atoms with Gasteiger partial charge in [0, 0.05) is 24.2 Å². The average Bonchev–Trinajstić information content (AvgIpc) is 2.95. The lowest BCUT2D eigenvalue weighted by Gasteiger charge is -2.22. The zero-order chi connectivity index (χ0) is 14.8. The molecule has 0 spiro atoms. The van der Waals surface area contributed by atoms with E-state index in [2.05, 4.69) is 18.9 Å².